The van der Waals surface area contributed by atoms with E-state index >= 15 is 0 Å². The molecule has 5 heteroatoms. The van der Waals surface area contributed by atoms with Crippen LogP contribution in [0.3, 0.4) is 0 Å². The molecule has 1 amide bonds. The van der Waals surface area contributed by atoms with Crippen LogP contribution in [0.4, 0.5) is 11.5 Å². The monoisotopic (exact) mass is 273 g/mol. The Hall–Kier alpha value is -2.30. The Bertz CT molecular complexity index is 554. The van der Waals surface area contributed by atoms with Crippen molar-refractivity contribution in [3.8, 4) is 0 Å². The van der Waals surface area contributed by atoms with Crippen LogP contribution in [-0.4, -0.2) is 10.9 Å². The topological polar surface area (TPSA) is 67.2 Å². The lowest BCUT2D eigenvalue weighted by Gasteiger charge is -2.17. The molecule has 0 aliphatic heterocycles. The third-order valence-corrected chi connectivity index (χ3v) is 2.73. The van der Waals surface area contributed by atoms with Crippen LogP contribution in [0.1, 0.15) is 26.5 Å². The van der Waals surface area contributed by atoms with E-state index in [2.05, 4.69) is 15.6 Å². The van der Waals surface area contributed by atoms with Gasteiger partial charge in [0.1, 0.15) is 11.6 Å². The quantitative estimate of drug-likeness (QED) is 0.897. The van der Waals surface area contributed by atoms with Gasteiger partial charge in [-0.3, -0.25) is 4.79 Å². The Balaban J connectivity index is 1.91. The van der Waals surface area contributed by atoms with Gasteiger partial charge in [-0.1, -0.05) is 20.8 Å². The molecular formula is C15H19N3O2. The predicted octanol–water partition coefficient (Wildman–Crippen LogP) is 3.27. The van der Waals surface area contributed by atoms with Crippen molar-refractivity contribution < 1.29 is 9.21 Å². The van der Waals surface area contributed by atoms with Crippen molar-refractivity contribution in [3.05, 3.63) is 42.5 Å². The number of nitrogens with zero attached hydrogens (tertiary/aromatic N) is 1. The van der Waals surface area contributed by atoms with E-state index in [-0.39, 0.29) is 5.91 Å². The maximum atomic E-state index is 11.8. The van der Waals surface area contributed by atoms with E-state index in [0.29, 0.717) is 12.2 Å². The summed E-state index contributed by atoms with van der Waals surface area (Å²) < 4.78 is 5.22. The Morgan fingerprint density at radius 3 is 2.65 bits per heavy atom. The molecule has 0 fully saturated rings. The number of rotatable bonds is 4. The molecule has 0 aromatic carbocycles. The van der Waals surface area contributed by atoms with Crippen LogP contribution >= 0.6 is 0 Å². The SMILES string of the molecule is CC(C)(C)C(=O)Nc1ccc(NCc2ccco2)nc1. The van der Waals surface area contributed by atoms with Crippen molar-refractivity contribution >= 4 is 17.4 Å². The fourth-order valence-electron chi connectivity index (χ4n) is 1.48. The summed E-state index contributed by atoms with van der Waals surface area (Å²) in [5, 5.41) is 5.97. The smallest absolute Gasteiger partial charge is 0.229 e. The van der Waals surface area contributed by atoms with Gasteiger partial charge in [0.15, 0.2) is 0 Å². The number of carbonyl (C=O) groups excluding carboxylic acids is 1. The highest BCUT2D eigenvalue weighted by Crippen LogP contribution is 2.17. The zero-order chi connectivity index (χ0) is 14.6. The third kappa shape index (κ3) is 3.85. The summed E-state index contributed by atoms with van der Waals surface area (Å²) in [6.07, 6.45) is 3.27. The fraction of sp³-hybridized carbons (Fsp3) is 0.333. The molecule has 2 heterocycles. The van der Waals surface area contributed by atoms with Crippen LogP contribution in [0.25, 0.3) is 0 Å². The van der Waals surface area contributed by atoms with Gasteiger partial charge in [0.25, 0.3) is 0 Å². The molecule has 106 valence electrons. The lowest BCUT2D eigenvalue weighted by molar-refractivity contribution is -0.123. The largest absolute Gasteiger partial charge is 0.467 e. The zero-order valence-electron chi connectivity index (χ0n) is 11.9. The minimum absolute atomic E-state index is 0.0319. The van der Waals surface area contributed by atoms with Crippen LogP contribution in [0, 0.1) is 5.41 Å². The number of nitrogens with one attached hydrogen (secondary N) is 2. The standard InChI is InChI=1S/C15H19N3O2/c1-15(2,3)14(19)18-11-6-7-13(16-9-11)17-10-12-5-4-8-20-12/h4-9H,10H2,1-3H3,(H,16,17)(H,18,19). The zero-order valence-corrected chi connectivity index (χ0v) is 11.9. The predicted molar refractivity (Wildman–Crippen MR) is 78.4 cm³/mol. The number of hydrogen-bond donors (Lipinski definition) is 2. The second-order valence-corrected chi connectivity index (χ2v) is 5.57. The molecule has 0 spiro atoms. The van der Waals surface area contributed by atoms with E-state index in [4.69, 9.17) is 4.42 Å². The highest BCUT2D eigenvalue weighted by Gasteiger charge is 2.21. The van der Waals surface area contributed by atoms with Gasteiger partial charge in [-0.25, -0.2) is 4.98 Å². The first-order chi connectivity index (χ1) is 9.45. The highest BCUT2D eigenvalue weighted by atomic mass is 16.3. The molecule has 0 saturated heterocycles. The first-order valence-electron chi connectivity index (χ1n) is 6.49. The van der Waals surface area contributed by atoms with Gasteiger partial charge >= 0.3 is 0 Å². The van der Waals surface area contributed by atoms with Gasteiger partial charge in [-0.2, -0.15) is 0 Å². The summed E-state index contributed by atoms with van der Waals surface area (Å²) in [4.78, 5) is 16.1. The van der Waals surface area contributed by atoms with E-state index in [1.807, 2.05) is 45.0 Å². The molecular weight excluding hydrogens is 254 g/mol. The molecule has 5 nitrogen and oxygen atoms in total. The molecule has 0 bridgehead atoms. The summed E-state index contributed by atoms with van der Waals surface area (Å²) in [6.45, 7) is 6.19. The van der Waals surface area contributed by atoms with Crippen molar-refractivity contribution in [2.24, 2.45) is 5.41 Å². The molecule has 0 radical (unpaired) electrons. The Labute approximate surface area is 118 Å². The summed E-state index contributed by atoms with van der Waals surface area (Å²) in [6, 6.07) is 7.38. The van der Waals surface area contributed by atoms with Crippen LogP contribution in [0.2, 0.25) is 0 Å². The second kappa shape index (κ2) is 5.77. The third-order valence-electron chi connectivity index (χ3n) is 2.73. The molecule has 2 rings (SSSR count). The normalized spacial score (nSPS) is 11.2. The van der Waals surface area contributed by atoms with Crippen LogP contribution in [0.5, 0.6) is 0 Å². The number of pyridine rings is 1. The average Bonchev–Trinajstić information content (AvgIpc) is 2.90. The Kier molecular flexibility index (Phi) is 4.08. The average molecular weight is 273 g/mol. The van der Waals surface area contributed by atoms with E-state index in [1.165, 1.54) is 0 Å². The van der Waals surface area contributed by atoms with Gasteiger partial charge < -0.3 is 15.1 Å². The minimum atomic E-state index is -0.420. The van der Waals surface area contributed by atoms with Crippen LogP contribution in [0.15, 0.2) is 41.1 Å². The van der Waals surface area contributed by atoms with Crippen molar-refractivity contribution in [2.75, 3.05) is 10.6 Å². The number of hydrogen-bond acceptors (Lipinski definition) is 4. The fourth-order valence-corrected chi connectivity index (χ4v) is 1.48. The number of aromatic nitrogens is 1. The highest BCUT2D eigenvalue weighted by molar-refractivity contribution is 5.94. The number of carbonyl (C=O) groups is 1. The molecule has 0 atom stereocenters. The first kappa shape index (κ1) is 14.1. The minimum Gasteiger partial charge on any atom is -0.467 e. The molecule has 2 aromatic heterocycles. The van der Waals surface area contributed by atoms with E-state index in [9.17, 15) is 4.79 Å². The molecule has 0 aliphatic carbocycles. The first-order valence-corrected chi connectivity index (χ1v) is 6.49. The van der Waals surface area contributed by atoms with Crippen molar-refractivity contribution in [1.82, 2.24) is 4.98 Å². The molecule has 0 saturated carbocycles. The van der Waals surface area contributed by atoms with E-state index in [1.54, 1.807) is 12.5 Å². The van der Waals surface area contributed by atoms with Gasteiger partial charge in [0, 0.05) is 5.41 Å². The number of furan rings is 1. The van der Waals surface area contributed by atoms with Crippen molar-refractivity contribution in [1.29, 1.82) is 0 Å². The maximum absolute atomic E-state index is 11.8. The van der Waals surface area contributed by atoms with Gasteiger partial charge in [0.05, 0.1) is 24.7 Å². The molecule has 2 N–H and O–H groups in total. The summed E-state index contributed by atoms with van der Waals surface area (Å²) in [5.74, 6) is 1.54. The lowest BCUT2D eigenvalue weighted by atomic mass is 9.96. The molecule has 0 unspecified atom stereocenters. The van der Waals surface area contributed by atoms with Gasteiger partial charge in [0.2, 0.25) is 5.91 Å². The van der Waals surface area contributed by atoms with Crippen LogP contribution < -0.4 is 10.6 Å². The Morgan fingerprint density at radius 2 is 2.10 bits per heavy atom. The van der Waals surface area contributed by atoms with Crippen LogP contribution in [-0.2, 0) is 11.3 Å². The summed E-state index contributed by atoms with van der Waals surface area (Å²) in [7, 11) is 0. The maximum Gasteiger partial charge on any atom is 0.229 e. The van der Waals surface area contributed by atoms with E-state index in [0.717, 1.165) is 11.6 Å². The summed E-state index contributed by atoms with van der Waals surface area (Å²) in [5.41, 5.74) is 0.268. The molecule has 0 aliphatic rings. The molecule has 2 aromatic rings. The lowest BCUT2D eigenvalue weighted by Crippen LogP contribution is -2.27. The summed E-state index contributed by atoms with van der Waals surface area (Å²) >= 11 is 0. The number of amides is 1. The van der Waals surface area contributed by atoms with E-state index < -0.39 is 5.41 Å². The Morgan fingerprint density at radius 1 is 1.30 bits per heavy atom. The molecule has 20 heavy (non-hydrogen) atoms. The second-order valence-electron chi connectivity index (χ2n) is 5.57. The van der Waals surface area contributed by atoms with Crippen molar-refractivity contribution in [3.63, 3.8) is 0 Å². The van der Waals surface area contributed by atoms with Crippen molar-refractivity contribution in [2.45, 2.75) is 27.3 Å². The van der Waals surface area contributed by atoms with Gasteiger partial charge in [-0.15, -0.1) is 0 Å². The van der Waals surface area contributed by atoms with Gasteiger partial charge in [-0.05, 0) is 24.3 Å². The number of anilines is 2.